The number of piperidine rings is 1. The van der Waals surface area contributed by atoms with E-state index in [4.69, 9.17) is 0 Å². The van der Waals surface area contributed by atoms with Gasteiger partial charge in [-0.2, -0.15) is 0 Å². The minimum atomic E-state index is -0.272. The number of nitrogens with one attached hydrogen (secondary N) is 1. The Kier molecular flexibility index (Phi) is 6.65. The number of amides is 2. The van der Waals surface area contributed by atoms with Crippen molar-refractivity contribution in [2.45, 2.75) is 32.2 Å². The summed E-state index contributed by atoms with van der Waals surface area (Å²) in [6.07, 6.45) is 1.47. The van der Waals surface area contributed by atoms with Gasteiger partial charge in [0.1, 0.15) is 5.75 Å². The van der Waals surface area contributed by atoms with E-state index in [0.717, 1.165) is 0 Å². The number of carbonyl (C=O) groups excluding carboxylic acids is 3. The van der Waals surface area contributed by atoms with Gasteiger partial charge < -0.3 is 15.3 Å². The van der Waals surface area contributed by atoms with Crippen molar-refractivity contribution >= 4 is 17.6 Å². The SMILES string of the molecule is C[C@@H](CC(=O)N1CCC(C(=O)c2ccc(O)cc2)CC1)NC(=O)c1ccccc1. The molecular formula is C23H26N2O4. The number of hydrogen-bond donors (Lipinski definition) is 2. The van der Waals surface area contributed by atoms with Crippen LogP contribution in [0.1, 0.15) is 46.9 Å². The molecular weight excluding hydrogens is 368 g/mol. The zero-order chi connectivity index (χ0) is 20.8. The van der Waals surface area contributed by atoms with Gasteiger partial charge >= 0.3 is 0 Å². The van der Waals surface area contributed by atoms with Crippen molar-refractivity contribution < 1.29 is 19.5 Å². The van der Waals surface area contributed by atoms with E-state index in [1.165, 1.54) is 12.1 Å². The molecule has 1 saturated heterocycles. The molecule has 0 unspecified atom stereocenters. The number of hydrogen-bond acceptors (Lipinski definition) is 4. The number of aromatic hydroxyl groups is 1. The molecule has 1 fully saturated rings. The fraction of sp³-hybridized carbons (Fsp3) is 0.348. The van der Waals surface area contributed by atoms with Crippen molar-refractivity contribution in [1.82, 2.24) is 10.2 Å². The number of rotatable bonds is 6. The molecule has 2 amide bonds. The third-order valence-corrected chi connectivity index (χ3v) is 5.26. The summed E-state index contributed by atoms with van der Waals surface area (Å²) in [7, 11) is 0. The molecule has 1 heterocycles. The number of phenolic OH excluding ortho intramolecular Hbond substituents is 1. The molecule has 2 aromatic carbocycles. The summed E-state index contributed by atoms with van der Waals surface area (Å²) < 4.78 is 0. The van der Waals surface area contributed by atoms with Crippen LogP contribution in [-0.2, 0) is 4.79 Å². The summed E-state index contributed by atoms with van der Waals surface area (Å²) in [6.45, 7) is 2.89. The van der Waals surface area contributed by atoms with Crippen LogP contribution in [0.5, 0.6) is 5.75 Å². The fourth-order valence-corrected chi connectivity index (χ4v) is 3.59. The molecule has 2 aromatic rings. The van der Waals surface area contributed by atoms with Crippen molar-refractivity contribution in [2.24, 2.45) is 5.92 Å². The Morgan fingerprint density at radius 1 is 1.00 bits per heavy atom. The second kappa shape index (κ2) is 9.37. The molecule has 152 valence electrons. The Labute approximate surface area is 170 Å². The van der Waals surface area contributed by atoms with Gasteiger partial charge in [-0.05, 0) is 56.2 Å². The second-order valence-corrected chi connectivity index (χ2v) is 7.51. The molecule has 0 bridgehead atoms. The van der Waals surface area contributed by atoms with E-state index >= 15 is 0 Å². The van der Waals surface area contributed by atoms with Gasteiger partial charge in [0.05, 0.1) is 0 Å². The molecule has 0 aromatic heterocycles. The molecule has 2 N–H and O–H groups in total. The van der Waals surface area contributed by atoms with Crippen LogP contribution in [0.3, 0.4) is 0 Å². The molecule has 3 rings (SSSR count). The standard InChI is InChI=1S/C23H26N2O4/c1-16(24-23(29)19-5-3-2-4-6-19)15-21(27)25-13-11-18(12-14-25)22(28)17-7-9-20(26)10-8-17/h2-10,16,18,26H,11-15H2,1H3,(H,24,29)/t16-/m0/s1. The number of phenols is 1. The summed E-state index contributed by atoms with van der Waals surface area (Å²) in [5.41, 5.74) is 1.16. The summed E-state index contributed by atoms with van der Waals surface area (Å²) in [5.74, 6) is -0.125. The van der Waals surface area contributed by atoms with Gasteiger partial charge in [-0.25, -0.2) is 0 Å². The minimum Gasteiger partial charge on any atom is -0.508 e. The normalized spacial score (nSPS) is 15.6. The average Bonchev–Trinajstić information content (AvgIpc) is 2.74. The van der Waals surface area contributed by atoms with Crippen molar-refractivity contribution in [1.29, 1.82) is 0 Å². The highest BCUT2D eigenvalue weighted by atomic mass is 16.3. The van der Waals surface area contributed by atoms with Crippen LogP contribution in [0, 0.1) is 5.92 Å². The fourth-order valence-electron chi connectivity index (χ4n) is 3.59. The van der Waals surface area contributed by atoms with Gasteiger partial charge in [-0.3, -0.25) is 14.4 Å². The van der Waals surface area contributed by atoms with Crippen LogP contribution >= 0.6 is 0 Å². The van der Waals surface area contributed by atoms with Crippen molar-refractivity contribution in [3.8, 4) is 5.75 Å². The highest BCUT2D eigenvalue weighted by Gasteiger charge is 2.28. The van der Waals surface area contributed by atoms with E-state index in [-0.39, 0.29) is 41.7 Å². The maximum absolute atomic E-state index is 12.6. The van der Waals surface area contributed by atoms with Crippen molar-refractivity contribution in [3.05, 3.63) is 65.7 Å². The Morgan fingerprint density at radius 2 is 1.62 bits per heavy atom. The number of ketones is 1. The van der Waals surface area contributed by atoms with E-state index < -0.39 is 0 Å². The molecule has 29 heavy (non-hydrogen) atoms. The van der Waals surface area contributed by atoms with Gasteiger partial charge in [0.15, 0.2) is 5.78 Å². The minimum absolute atomic E-state index is 0.0126. The summed E-state index contributed by atoms with van der Waals surface area (Å²) in [4.78, 5) is 39.1. The lowest BCUT2D eigenvalue weighted by Crippen LogP contribution is -2.43. The first-order chi connectivity index (χ1) is 13.9. The first kappa shape index (κ1) is 20.6. The molecule has 1 atom stereocenters. The van der Waals surface area contributed by atoms with Crippen LogP contribution in [-0.4, -0.2) is 46.7 Å². The first-order valence-corrected chi connectivity index (χ1v) is 9.91. The predicted molar refractivity (Wildman–Crippen MR) is 110 cm³/mol. The Balaban J connectivity index is 1.46. The lowest BCUT2D eigenvalue weighted by atomic mass is 9.88. The van der Waals surface area contributed by atoms with E-state index in [1.807, 2.05) is 13.0 Å². The zero-order valence-electron chi connectivity index (χ0n) is 16.5. The number of nitrogens with zero attached hydrogens (tertiary/aromatic N) is 1. The van der Waals surface area contributed by atoms with Crippen LogP contribution in [0.15, 0.2) is 54.6 Å². The Hall–Kier alpha value is -3.15. The van der Waals surface area contributed by atoms with E-state index in [0.29, 0.717) is 37.1 Å². The molecule has 6 heteroatoms. The lowest BCUT2D eigenvalue weighted by molar-refractivity contribution is -0.132. The van der Waals surface area contributed by atoms with Gasteiger partial charge in [-0.15, -0.1) is 0 Å². The molecule has 6 nitrogen and oxygen atoms in total. The first-order valence-electron chi connectivity index (χ1n) is 9.91. The molecule has 0 aliphatic carbocycles. The van der Waals surface area contributed by atoms with Gasteiger partial charge in [-0.1, -0.05) is 18.2 Å². The number of likely N-dealkylation sites (tertiary alicyclic amines) is 1. The maximum atomic E-state index is 12.6. The van der Waals surface area contributed by atoms with Crippen molar-refractivity contribution in [2.75, 3.05) is 13.1 Å². The number of benzene rings is 2. The largest absolute Gasteiger partial charge is 0.508 e. The Bertz CT molecular complexity index is 856. The lowest BCUT2D eigenvalue weighted by Gasteiger charge is -2.32. The Morgan fingerprint density at radius 3 is 2.24 bits per heavy atom. The number of carbonyl (C=O) groups is 3. The highest BCUT2D eigenvalue weighted by Crippen LogP contribution is 2.23. The third-order valence-electron chi connectivity index (χ3n) is 5.26. The van der Waals surface area contributed by atoms with Crippen LogP contribution in [0.25, 0.3) is 0 Å². The molecule has 1 aliphatic rings. The smallest absolute Gasteiger partial charge is 0.251 e. The topological polar surface area (TPSA) is 86.7 Å². The highest BCUT2D eigenvalue weighted by molar-refractivity contribution is 5.98. The molecule has 0 radical (unpaired) electrons. The summed E-state index contributed by atoms with van der Waals surface area (Å²) >= 11 is 0. The monoisotopic (exact) mass is 394 g/mol. The average molecular weight is 394 g/mol. The van der Waals surface area contributed by atoms with Gasteiger partial charge in [0, 0.05) is 42.6 Å². The van der Waals surface area contributed by atoms with Gasteiger partial charge in [0.25, 0.3) is 5.91 Å². The van der Waals surface area contributed by atoms with E-state index in [2.05, 4.69) is 5.32 Å². The number of Topliss-reactive ketones (excluding diaryl/α,β-unsaturated/α-hetero) is 1. The van der Waals surface area contributed by atoms with Crippen LogP contribution < -0.4 is 5.32 Å². The van der Waals surface area contributed by atoms with E-state index in [9.17, 15) is 19.5 Å². The van der Waals surface area contributed by atoms with Crippen LogP contribution in [0.4, 0.5) is 0 Å². The van der Waals surface area contributed by atoms with E-state index in [1.54, 1.807) is 41.3 Å². The molecule has 0 spiro atoms. The van der Waals surface area contributed by atoms with Gasteiger partial charge in [0.2, 0.25) is 5.91 Å². The summed E-state index contributed by atoms with van der Waals surface area (Å²) in [5, 5.41) is 12.2. The molecule has 1 aliphatic heterocycles. The quantitative estimate of drug-likeness (QED) is 0.738. The second-order valence-electron chi connectivity index (χ2n) is 7.51. The third kappa shape index (κ3) is 5.44. The zero-order valence-corrected chi connectivity index (χ0v) is 16.5. The van der Waals surface area contributed by atoms with Crippen molar-refractivity contribution in [3.63, 3.8) is 0 Å². The maximum Gasteiger partial charge on any atom is 0.251 e. The van der Waals surface area contributed by atoms with Crippen LogP contribution in [0.2, 0.25) is 0 Å². The predicted octanol–water partition coefficient (Wildman–Crippen LogP) is 3.02. The molecule has 0 saturated carbocycles. The summed E-state index contributed by atoms with van der Waals surface area (Å²) in [6, 6.07) is 14.9.